The first kappa shape index (κ1) is 25.3. The topological polar surface area (TPSA) is 98.1 Å². The van der Waals surface area contributed by atoms with E-state index < -0.39 is 22.5 Å². The monoisotopic (exact) mass is 486 g/mol. The van der Waals surface area contributed by atoms with Crippen LogP contribution in [0.25, 0.3) is 0 Å². The number of rotatable bonds is 9. The van der Waals surface area contributed by atoms with Crippen LogP contribution in [0, 0.1) is 27.7 Å². The van der Waals surface area contributed by atoms with E-state index in [2.05, 4.69) is 5.32 Å². The van der Waals surface area contributed by atoms with Gasteiger partial charge in [0.2, 0.25) is 15.9 Å². The van der Waals surface area contributed by atoms with Crippen molar-refractivity contribution in [2.45, 2.75) is 39.1 Å². The smallest absolute Gasteiger partial charge is 0.244 e. The fourth-order valence-corrected chi connectivity index (χ4v) is 5.71. The average molecular weight is 487 g/mol. The first-order valence-electron chi connectivity index (χ1n) is 10.7. The summed E-state index contributed by atoms with van der Waals surface area (Å²) in [4.78, 5) is 13.2. The highest BCUT2D eigenvalue weighted by Gasteiger charge is 2.31. The van der Waals surface area contributed by atoms with E-state index in [0.29, 0.717) is 34.1 Å². The molecule has 0 aliphatic carbocycles. The number of carbonyl (C=O) groups excluding carboxylic acids is 1. The average Bonchev–Trinajstić information content (AvgIpc) is 3.30. The highest BCUT2D eigenvalue weighted by atomic mass is 32.2. The molecule has 0 aliphatic rings. The van der Waals surface area contributed by atoms with Gasteiger partial charge < -0.3 is 19.2 Å². The third-order valence-corrected chi connectivity index (χ3v) is 7.86. The summed E-state index contributed by atoms with van der Waals surface area (Å²) in [5.41, 5.74) is 3.52. The number of benzene rings is 2. The molecule has 0 radical (unpaired) electrons. The predicted molar refractivity (Wildman–Crippen MR) is 130 cm³/mol. The zero-order valence-corrected chi connectivity index (χ0v) is 21.1. The Kier molecular flexibility index (Phi) is 7.68. The molecule has 2 aromatic carbocycles. The largest absolute Gasteiger partial charge is 0.493 e. The third kappa shape index (κ3) is 5.26. The van der Waals surface area contributed by atoms with Crippen molar-refractivity contribution in [2.24, 2.45) is 0 Å². The van der Waals surface area contributed by atoms with Gasteiger partial charge in [0.15, 0.2) is 11.5 Å². The lowest BCUT2D eigenvalue weighted by molar-refractivity contribution is -0.116. The van der Waals surface area contributed by atoms with Gasteiger partial charge in [-0.15, -0.1) is 0 Å². The van der Waals surface area contributed by atoms with Crippen molar-refractivity contribution >= 4 is 21.6 Å². The molecule has 0 unspecified atom stereocenters. The van der Waals surface area contributed by atoms with Crippen LogP contribution in [0.2, 0.25) is 0 Å². The summed E-state index contributed by atoms with van der Waals surface area (Å²) in [5, 5.41) is 2.74. The summed E-state index contributed by atoms with van der Waals surface area (Å²) in [6.45, 7) is 6.83. The van der Waals surface area contributed by atoms with E-state index in [9.17, 15) is 13.2 Å². The molecule has 3 aromatic rings. The molecule has 3 rings (SSSR count). The van der Waals surface area contributed by atoms with Gasteiger partial charge in [-0.25, -0.2) is 8.42 Å². The predicted octanol–water partition coefficient (Wildman–Crippen LogP) is 4.36. The fourth-order valence-electron chi connectivity index (χ4n) is 3.77. The standard InChI is InChI=1S/C25H30N2O6S/c1-16-12-17(2)19(4)25(18(16)3)34(29,30)27(14-21-8-7-11-33-21)15-24(28)26-20-9-10-22(31-5)23(13-20)32-6/h7-13H,14-15H2,1-6H3,(H,26,28). The molecule has 0 aliphatic heterocycles. The molecule has 1 N–H and O–H groups in total. The summed E-state index contributed by atoms with van der Waals surface area (Å²) in [5.74, 6) is 0.898. The van der Waals surface area contributed by atoms with E-state index in [-0.39, 0.29) is 11.4 Å². The number of hydrogen-bond donors (Lipinski definition) is 1. The molecular weight excluding hydrogens is 456 g/mol. The number of anilines is 1. The van der Waals surface area contributed by atoms with E-state index >= 15 is 0 Å². The van der Waals surface area contributed by atoms with Crippen molar-refractivity contribution in [1.82, 2.24) is 4.31 Å². The number of methoxy groups -OCH3 is 2. The van der Waals surface area contributed by atoms with E-state index in [0.717, 1.165) is 15.4 Å². The zero-order chi connectivity index (χ0) is 25.0. The number of hydrogen-bond acceptors (Lipinski definition) is 6. The number of amides is 1. The number of nitrogens with one attached hydrogen (secondary N) is 1. The highest BCUT2D eigenvalue weighted by Crippen LogP contribution is 2.31. The first-order valence-corrected chi connectivity index (χ1v) is 12.1. The van der Waals surface area contributed by atoms with Crippen LogP contribution in [0.5, 0.6) is 11.5 Å². The van der Waals surface area contributed by atoms with Gasteiger partial charge in [-0.3, -0.25) is 4.79 Å². The van der Waals surface area contributed by atoms with Gasteiger partial charge >= 0.3 is 0 Å². The van der Waals surface area contributed by atoms with Gasteiger partial charge in [-0.2, -0.15) is 4.31 Å². The lowest BCUT2D eigenvalue weighted by atomic mass is 10.0. The van der Waals surface area contributed by atoms with Crippen molar-refractivity contribution in [3.63, 3.8) is 0 Å². The van der Waals surface area contributed by atoms with Crippen LogP contribution in [-0.4, -0.2) is 39.4 Å². The second-order valence-corrected chi connectivity index (χ2v) is 9.93. The number of furan rings is 1. The molecular formula is C25H30N2O6S. The second kappa shape index (κ2) is 10.3. The summed E-state index contributed by atoms with van der Waals surface area (Å²) < 4.78 is 44.7. The Balaban J connectivity index is 1.95. The fraction of sp³-hybridized carbons (Fsp3) is 0.320. The number of aryl methyl sites for hydroxylation is 2. The molecule has 0 saturated heterocycles. The molecule has 8 nitrogen and oxygen atoms in total. The Labute approximate surface area is 200 Å². The van der Waals surface area contributed by atoms with Gasteiger partial charge in [-0.05, 0) is 74.2 Å². The quantitative estimate of drug-likeness (QED) is 0.483. The van der Waals surface area contributed by atoms with E-state index in [4.69, 9.17) is 13.9 Å². The van der Waals surface area contributed by atoms with Crippen LogP contribution in [0.1, 0.15) is 28.0 Å². The van der Waals surface area contributed by atoms with Crippen molar-refractivity contribution in [2.75, 3.05) is 26.1 Å². The van der Waals surface area contributed by atoms with E-state index in [1.807, 2.05) is 19.9 Å². The second-order valence-electron chi connectivity index (χ2n) is 8.06. The SMILES string of the molecule is COc1ccc(NC(=O)CN(Cc2ccco2)S(=O)(=O)c2c(C)c(C)cc(C)c2C)cc1OC. The molecule has 1 aromatic heterocycles. The minimum Gasteiger partial charge on any atom is -0.493 e. The first-order chi connectivity index (χ1) is 16.1. The Morgan fingerprint density at radius 3 is 2.18 bits per heavy atom. The van der Waals surface area contributed by atoms with Crippen LogP contribution in [0.3, 0.4) is 0 Å². The summed E-state index contributed by atoms with van der Waals surface area (Å²) in [7, 11) is -1.01. The molecule has 0 bridgehead atoms. The Bertz CT molecular complexity index is 1260. The van der Waals surface area contributed by atoms with Crippen molar-refractivity contribution in [1.29, 1.82) is 0 Å². The van der Waals surface area contributed by atoms with Crippen LogP contribution in [0.15, 0.2) is 52.0 Å². The van der Waals surface area contributed by atoms with Crippen molar-refractivity contribution < 1.29 is 27.1 Å². The maximum absolute atomic E-state index is 13.8. The maximum Gasteiger partial charge on any atom is 0.244 e. The number of nitrogens with zero attached hydrogens (tertiary/aromatic N) is 1. The zero-order valence-electron chi connectivity index (χ0n) is 20.3. The molecule has 0 atom stereocenters. The minimum atomic E-state index is -4.03. The summed E-state index contributed by atoms with van der Waals surface area (Å²) >= 11 is 0. The van der Waals surface area contributed by atoms with Crippen molar-refractivity contribution in [3.05, 3.63) is 70.7 Å². The van der Waals surface area contributed by atoms with Crippen LogP contribution < -0.4 is 14.8 Å². The molecule has 34 heavy (non-hydrogen) atoms. The van der Waals surface area contributed by atoms with Crippen molar-refractivity contribution in [3.8, 4) is 11.5 Å². The van der Waals surface area contributed by atoms with Crippen LogP contribution in [-0.2, 0) is 21.4 Å². The molecule has 0 saturated carbocycles. The van der Waals surface area contributed by atoms with Gasteiger partial charge in [0.25, 0.3) is 0 Å². The van der Waals surface area contributed by atoms with E-state index in [1.54, 1.807) is 44.2 Å². The van der Waals surface area contributed by atoms with Gasteiger partial charge in [0.05, 0.1) is 38.5 Å². The summed E-state index contributed by atoms with van der Waals surface area (Å²) in [6.07, 6.45) is 1.47. The highest BCUT2D eigenvalue weighted by molar-refractivity contribution is 7.89. The molecule has 182 valence electrons. The third-order valence-electron chi connectivity index (χ3n) is 5.79. The Hall–Kier alpha value is -3.30. The number of carbonyl (C=O) groups is 1. The minimum absolute atomic E-state index is 0.0828. The lowest BCUT2D eigenvalue weighted by Gasteiger charge is -2.24. The van der Waals surface area contributed by atoms with E-state index in [1.165, 1.54) is 20.5 Å². The van der Waals surface area contributed by atoms with Gasteiger partial charge in [0.1, 0.15) is 5.76 Å². The Morgan fingerprint density at radius 2 is 1.62 bits per heavy atom. The molecule has 0 spiro atoms. The molecule has 9 heteroatoms. The maximum atomic E-state index is 13.8. The number of sulfonamides is 1. The summed E-state index contributed by atoms with van der Waals surface area (Å²) in [6, 6.07) is 10.2. The normalized spacial score (nSPS) is 11.5. The molecule has 0 fully saturated rings. The van der Waals surface area contributed by atoms with Crippen LogP contribution >= 0.6 is 0 Å². The Morgan fingerprint density at radius 1 is 0.971 bits per heavy atom. The van der Waals surface area contributed by atoms with Crippen LogP contribution in [0.4, 0.5) is 5.69 Å². The molecule has 1 heterocycles. The number of ether oxygens (including phenoxy) is 2. The van der Waals surface area contributed by atoms with Gasteiger partial charge in [-0.1, -0.05) is 6.07 Å². The van der Waals surface area contributed by atoms with Gasteiger partial charge in [0, 0.05) is 11.8 Å². The lowest BCUT2D eigenvalue weighted by Crippen LogP contribution is -2.38. The molecule has 1 amide bonds.